The van der Waals surface area contributed by atoms with Crippen LogP contribution >= 0.6 is 11.8 Å². The molecule has 142 valence electrons. The normalized spacial score (nSPS) is 15.0. The van der Waals surface area contributed by atoms with Crippen LogP contribution < -0.4 is 4.74 Å². The van der Waals surface area contributed by atoms with Crippen molar-refractivity contribution in [2.75, 3.05) is 7.11 Å². The molecule has 0 aromatic heterocycles. The van der Waals surface area contributed by atoms with Crippen LogP contribution in [0.5, 0.6) is 5.75 Å². The summed E-state index contributed by atoms with van der Waals surface area (Å²) in [4.78, 5) is 11.7. The van der Waals surface area contributed by atoms with E-state index in [1.807, 2.05) is 30.0 Å². The van der Waals surface area contributed by atoms with E-state index in [1.54, 1.807) is 0 Å². The number of esters is 1. The molecule has 0 spiro atoms. The van der Waals surface area contributed by atoms with E-state index < -0.39 is 0 Å². The molecule has 0 N–H and O–H groups in total. The van der Waals surface area contributed by atoms with Crippen LogP contribution in [0.3, 0.4) is 0 Å². The highest BCUT2D eigenvalue weighted by molar-refractivity contribution is 7.99. The summed E-state index contributed by atoms with van der Waals surface area (Å²) < 4.78 is 10.9. The van der Waals surface area contributed by atoms with Crippen LogP contribution in [0.1, 0.15) is 33.1 Å². The summed E-state index contributed by atoms with van der Waals surface area (Å²) in [6, 6.07) is 25.0. The van der Waals surface area contributed by atoms with Crippen molar-refractivity contribution in [3.05, 3.63) is 101 Å². The molecule has 0 saturated heterocycles. The maximum absolute atomic E-state index is 11.7. The first-order valence-corrected chi connectivity index (χ1v) is 10.4. The molecule has 0 bridgehead atoms. The first-order valence-electron chi connectivity index (χ1n) is 9.30. The van der Waals surface area contributed by atoms with Crippen molar-refractivity contribution in [1.82, 2.24) is 0 Å². The van der Waals surface area contributed by atoms with Crippen molar-refractivity contribution >= 4 is 17.7 Å². The van der Waals surface area contributed by atoms with Gasteiger partial charge in [-0.25, -0.2) is 0 Å². The molecule has 3 nitrogen and oxygen atoms in total. The molecule has 1 aliphatic heterocycles. The summed E-state index contributed by atoms with van der Waals surface area (Å²) in [6.07, 6.45) is 0.265. The molecular formula is C24H22O3S. The summed E-state index contributed by atoms with van der Waals surface area (Å²) in [6.45, 7) is 0.557. The van der Waals surface area contributed by atoms with Crippen LogP contribution in [-0.4, -0.2) is 13.1 Å². The molecule has 28 heavy (non-hydrogen) atoms. The van der Waals surface area contributed by atoms with Gasteiger partial charge in [0.1, 0.15) is 12.4 Å². The fourth-order valence-electron chi connectivity index (χ4n) is 3.46. The molecule has 0 amide bonds. The van der Waals surface area contributed by atoms with Crippen molar-refractivity contribution in [3.63, 3.8) is 0 Å². The average Bonchev–Trinajstić information content (AvgIpc) is 2.89. The number of methoxy groups -OCH3 is 1. The zero-order valence-electron chi connectivity index (χ0n) is 15.8. The van der Waals surface area contributed by atoms with E-state index in [-0.39, 0.29) is 17.6 Å². The summed E-state index contributed by atoms with van der Waals surface area (Å²) in [5.74, 6) is 1.55. The third-order valence-corrected chi connectivity index (χ3v) is 6.25. The number of hydrogen-bond acceptors (Lipinski definition) is 4. The van der Waals surface area contributed by atoms with Gasteiger partial charge in [0.15, 0.2) is 0 Å². The number of hydrogen-bond donors (Lipinski definition) is 0. The van der Waals surface area contributed by atoms with E-state index in [2.05, 4.69) is 54.6 Å². The number of fused-ring (bicyclic) bond motifs is 2. The molecule has 1 heterocycles. The fraction of sp³-hybridized carbons (Fsp3) is 0.208. The molecule has 3 aromatic carbocycles. The molecule has 0 saturated carbocycles. The lowest BCUT2D eigenvalue weighted by molar-refractivity contribution is -0.139. The van der Waals surface area contributed by atoms with E-state index >= 15 is 0 Å². The van der Waals surface area contributed by atoms with Gasteiger partial charge in [0.05, 0.1) is 18.8 Å². The number of ether oxygens (including phenoxy) is 2. The van der Waals surface area contributed by atoms with Gasteiger partial charge in [0.25, 0.3) is 0 Å². The number of carbonyl (C=O) groups is 1. The van der Waals surface area contributed by atoms with Crippen molar-refractivity contribution in [2.24, 2.45) is 0 Å². The molecule has 4 heteroatoms. The minimum absolute atomic E-state index is 0.145. The van der Waals surface area contributed by atoms with Gasteiger partial charge in [0.2, 0.25) is 0 Å². The maximum Gasteiger partial charge on any atom is 0.309 e. The second-order valence-electron chi connectivity index (χ2n) is 6.79. The highest BCUT2D eigenvalue weighted by atomic mass is 32.2. The minimum atomic E-state index is -0.233. The number of rotatable bonds is 5. The van der Waals surface area contributed by atoms with Crippen LogP contribution in [-0.2, 0) is 28.3 Å². The zero-order valence-corrected chi connectivity index (χ0v) is 16.6. The Labute approximate surface area is 169 Å². The van der Waals surface area contributed by atoms with Crippen molar-refractivity contribution in [2.45, 2.75) is 24.0 Å². The van der Waals surface area contributed by atoms with Crippen molar-refractivity contribution < 1.29 is 14.3 Å². The predicted molar refractivity (Wildman–Crippen MR) is 113 cm³/mol. The summed E-state index contributed by atoms with van der Waals surface area (Å²) in [7, 11) is 1.42. The highest BCUT2D eigenvalue weighted by Gasteiger charge is 2.25. The largest absolute Gasteiger partial charge is 0.489 e. The minimum Gasteiger partial charge on any atom is -0.489 e. The third-order valence-electron chi connectivity index (χ3n) is 4.91. The summed E-state index contributed by atoms with van der Waals surface area (Å²) >= 11 is 1.89. The Morgan fingerprint density at radius 1 is 1.00 bits per heavy atom. The first kappa shape index (κ1) is 18.6. The average molecular weight is 391 g/mol. The lowest BCUT2D eigenvalue weighted by Crippen LogP contribution is -2.06. The molecule has 1 aliphatic rings. The number of benzene rings is 3. The van der Waals surface area contributed by atoms with E-state index in [0.29, 0.717) is 6.61 Å². The van der Waals surface area contributed by atoms with Crippen LogP contribution in [0.4, 0.5) is 0 Å². The Balaban J connectivity index is 1.71. The van der Waals surface area contributed by atoms with E-state index in [0.717, 1.165) is 22.6 Å². The molecule has 0 fully saturated rings. The summed E-state index contributed by atoms with van der Waals surface area (Å²) in [5, 5.41) is 0.145. The Morgan fingerprint density at radius 3 is 2.61 bits per heavy atom. The smallest absolute Gasteiger partial charge is 0.309 e. The van der Waals surface area contributed by atoms with E-state index in [9.17, 15) is 4.79 Å². The second kappa shape index (κ2) is 8.53. The number of carbonyl (C=O) groups excluding carboxylic acids is 1. The molecular weight excluding hydrogens is 368 g/mol. The van der Waals surface area contributed by atoms with Gasteiger partial charge in [-0.2, -0.15) is 0 Å². The maximum atomic E-state index is 11.7. The van der Waals surface area contributed by atoms with Crippen molar-refractivity contribution in [3.8, 4) is 5.75 Å². The van der Waals surface area contributed by atoms with Gasteiger partial charge >= 0.3 is 5.97 Å². The fourth-order valence-corrected chi connectivity index (χ4v) is 4.79. The Morgan fingerprint density at radius 2 is 1.79 bits per heavy atom. The first-order chi connectivity index (χ1) is 13.7. The number of thioether (sulfide) groups is 1. The van der Waals surface area contributed by atoms with Crippen molar-refractivity contribution in [1.29, 1.82) is 0 Å². The van der Waals surface area contributed by atoms with Gasteiger partial charge in [-0.15, -0.1) is 11.8 Å². The molecule has 0 radical (unpaired) electrons. The highest BCUT2D eigenvalue weighted by Crippen LogP contribution is 2.45. The standard InChI is InChI=1S/C24H22O3S/c1-26-23(25)14-18-11-12-22-21(13-18)24(28-16-17-7-3-2-4-8-17)20-10-6-5-9-19(20)15-27-22/h2-13,24H,14-16H2,1H3. The second-order valence-corrected chi connectivity index (χ2v) is 7.88. The van der Waals surface area contributed by atoms with Crippen LogP contribution in [0.15, 0.2) is 72.8 Å². The van der Waals surface area contributed by atoms with Crippen LogP contribution in [0, 0.1) is 0 Å². The Kier molecular flexibility index (Phi) is 5.68. The third kappa shape index (κ3) is 4.07. The lowest BCUT2D eigenvalue weighted by Gasteiger charge is -2.19. The van der Waals surface area contributed by atoms with Gasteiger partial charge in [-0.1, -0.05) is 66.7 Å². The lowest BCUT2D eigenvalue weighted by atomic mass is 9.98. The SMILES string of the molecule is COC(=O)Cc1ccc2c(c1)C(SCc1ccccc1)c1ccccc1CO2. The molecule has 4 rings (SSSR count). The van der Waals surface area contributed by atoms with Gasteiger partial charge < -0.3 is 9.47 Å². The van der Waals surface area contributed by atoms with Crippen LogP contribution in [0.25, 0.3) is 0 Å². The Hall–Kier alpha value is -2.72. The molecule has 1 atom stereocenters. The van der Waals surface area contributed by atoms with E-state index in [1.165, 1.54) is 23.8 Å². The van der Waals surface area contributed by atoms with Crippen LogP contribution in [0.2, 0.25) is 0 Å². The topological polar surface area (TPSA) is 35.5 Å². The molecule has 3 aromatic rings. The van der Waals surface area contributed by atoms with E-state index in [4.69, 9.17) is 9.47 Å². The zero-order chi connectivity index (χ0) is 19.3. The van der Waals surface area contributed by atoms with Gasteiger partial charge in [-0.3, -0.25) is 4.79 Å². The summed E-state index contributed by atoms with van der Waals surface area (Å²) in [5.41, 5.74) is 5.84. The predicted octanol–water partition coefficient (Wildman–Crippen LogP) is 5.32. The van der Waals surface area contributed by atoms with Gasteiger partial charge in [0, 0.05) is 11.3 Å². The monoisotopic (exact) mass is 390 g/mol. The van der Waals surface area contributed by atoms with Gasteiger partial charge in [-0.05, 0) is 28.3 Å². The molecule has 1 unspecified atom stereocenters. The quantitative estimate of drug-likeness (QED) is 0.553. The Bertz CT molecular complexity index is 969. The molecule has 0 aliphatic carbocycles.